The van der Waals surface area contributed by atoms with Gasteiger partial charge in [0.2, 0.25) is 0 Å². The van der Waals surface area contributed by atoms with Crippen LogP contribution in [0.4, 0.5) is 0 Å². The van der Waals surface area contributed by atoms with E-state index in [2.05, 4.69) is 51.0 Å². The topological polar surface area (TPSA) is 125 Å². The molecule has 0 aliphatic heterocycles. The normalized spacial score (nSPS) is 10.6. The van der Waals surface area contributed by atoms with Crippen LogP contribution in [-0.2, 0) is 42.3 Å². The van der Waals surface area contributed by atoms with Crippen molar-refractivity contribution in [2.45, 2.75) is 0 Å². The Morgan fingerprint density at radius 1 is 0.538 bits per heavy atom. The van der Waals surface area contributed by atoms with Crippen LogP contribution in [0.3, 0.4) is 0 Å². The smallest absolute Gasteiger partial charge is 0.741 e. The van der Waals surface area contributed by atoms with E-state index in [1.54, 1.807) is 38.9 Å². The quantitative estimate of drug-likeness (QED) is 0.113. The molecule has 0 spiro atoms. The zero-order valence-electron chi connectivity index (χ0n) is 20.9. The third-order valence-electron chi connectivity index (χ3n) is 4.56. The van der Waals surface area contributed by atoms with E-state index in [0.29, 0.717) is 44.5 Å². The molecule has 0 saturated heterocycles. The summed E-state index contributed by atoms with van der Waals surface area (Å²) >= 11 is 9.90. The molecular formula is C26H24CuN10S2. The number of aromatic nitrogens is 4. The molecule has 13 heteroatoms. The minimum Gasteiger partial charge on any atom is -0.741 e. The van der Waals surface area contributed by atoms with Crippen molar-refractivity contribution in [3.63, 3.8) is 0 Å². The Hall–Kier alpha value is -4.16. The summed E-state index contributed by atoms with van der Waals surface area (Å²) in [4.78, 5) is 24.7. The van der Waals surface area contributed by atoms with Gasteiger partial charge in [0.25, 0.3) is 0 Å². The maximum absolute atomic E-state index is 4.95. The van der Waals surface area contributed by atoms with E-state index in [4.69, 9.17) is 25.3 Å². The van der Waals surface area contributed by atoms with E-state index in [0.717, 1.165) is 0 Å². The minimum atomic E-state index is 0. The second kappa shape index (κ2) is 17.4. The number of amidine groups is 2. The first-order valence-corrected chi connectivity index (χ1v) is 12.0. The molecule has 0 atom stereocenters. The molecule has 4 aromatic rings. The second-order valence-electron chi connectivity index (χ2n) is 7.06. The first kappa shape index (κ1) is 31.1. The van der Waals surface area contributed by atoms with Crippen molar-refractivity contribution in [1.29, 1.82) is 0 Å². The van der Waals surface area contributed by atoms with Gasteiger partial charge in [0.1, 0.15) is 11.4 Å². The van der Waals surface area contributed by atoms with Crippen LogP contribution in [0.2, 0.25) is 0 Å². The molecule has 39 heavy (non-hydrogen) atoms. The van der Waals surface area contributed by atoms with Crippen LogP contribution in [-0.4, -0.2) is 55.8 Å². The predicted molar refractivity (Wildman–Crippen MR) is 156 cm³/mol. The minimum absolute atomic E-state index is 0. The molecule has 0 fully saturated rings. The summed E-state index contributed by atoms with van der Waals surface area (Å²) in [5.74, 6) is 0. The monoisotopic (exact) mass is 603 g/mol. The SMILES string of the molecule is CN=C([S-])NN=C(c1ccccn1)c1ccccn1.CN=C([S-])NN=C(c1ccccn1)c1ccccn1.[Cu+2]. The van der Waals surface area contributed by atoms with Gasteiger partial charge in [-0.25, -0.2) is 0 Å². The zero-order valence-corrected chi connectivity index (χ0v) is 23.5. The number of hydrogen-bond donors (Lipinski definition) is 2. The van der Waals surface area contributed by atoms with E-state index < -0.39 is 0 Å². The van der Waals surface area contributed by atoms with Crippen molar-refractivity contribution in [1.82, 2.24) is 30.8 Å². The van der Waals surface area contributed by atoms with Crippen molar-refractivity contribution < 1.29 is 17.1 Å². The van der Waals surface area contributed by atoms with Gasteiger partial charge in [0.15, 0.2) is 0 Å². The van der Waals surface area contributed by atoms with Gasteiger partial charge >= 0.3 is 17.1 Å². The molecular weight excluding hydrogens is 580 g/mol. The average Bonchev–Trinajstić information content (AvgIpc) is 2.99. The van der Waals surface area contributed by atoms with Crippen LogP contribution in [0.25, 0.3) is 0 Å². The Bertz CT molecular complexity index is 1190. The predicted octanol–water partition coefficient (Wildman–Crippen LogP) is 2.70. The third-order valence-corrected chi connectivity index (χ3v) is 5.11. The fraction of sp³-hybridized carbons (Fsp3) is 0.0769. The van der Waals surface area contributed by atoms with Gasteiger partial charge in [-0.2, -0.15) is 10.2 Å². The number of nitrogens with one attached hydrogen (secondary N) is 2. The summed E-state index contributed by atoms with van der Waals surface area (Å²) in [6, 6.07) is 22.4. The Morgan fingerprint density at radius 2 is 0.821 bits per heavy atom. The van der Waals surface area contributed by atoms with Gasteiger partial charge in [0, 0.05) is 38.9 Å². The maximum atomic E-state index is 4.95. The summed E-state index contributed by atoms with van der Waals surface area (Å²) in [6.07, 6.45) is 6.82. The van der Waals surface area contributed by atoms with E-state index >= 15 is 0 Å². The fourth-order valence-electron chi connectivity index (χ4n) is 2.81. The van der Waals surface area contributed by atoms with Crippen molar-refractivity contribution >= 4 is 47.0 Å². The summed E-state index contributed by atoms with van der Waals surface area (Å²) in [5, 5.41) is 9.10. The summed E-state index contributed by atoms with van der Waals surface area (Å²) in [7, 11) is 3.21. The van der Waals surface area contributed by atoms with Gasteiger partial charge in [-0.05, 0) is 58.9 Å². The van der Waals surface area contributed by atoms with Gasteiger partial charge in [-0.1, -0.05) is 24.3 Å². The Morgan fingerprint density at radius 3 is 1.03 bits per heavy atom. The maximum Gasteiger partial charge on any atom is 2.00 e. The van der Waals surface area contributed by atoms with Crippen LogP contribution in [0.5, 0.6) is 0 Å². The molecule has 10 nitrogen and oxygen atoms in total. The van der Waals surface area contributed by atoms with Gasteiger partial charge in [0.05, 0.1) is 22.8 Å². The van der Waals surface area contributed by atoms with Crippen LogP contribution in [0, 0.1) is 0 Å². The van der Waals surface area contributed by atoms with E-state index in [-0.39, 0.29) is 17.1 Å². The summed E-state index contributed by atoms with van der Waals surface area (Å²) < 4.78 is 0. The largest absolute Gasteiger partial charge is 2.00 e. The summed E-state index contributed by atoms with van der Waals surface area (Å²) in [6.45, 7) is 0. The molecule has 201 valence electrons. The van der Waals surface area contributed by atoms with Gasteiger partial charge < -0.3 is 25.3 Å². The van der Waals surface area contributed by atoms with Crippen LogP contribution in [0.15, 0.2) is 118 Å². The average molecular weight is 604 g/mol. The van der Waals surface area contributed by atoms with E-state index in [1.165, 1.54) is 0 Å². The van der Waals surface area contributed by atoms with Crippen LogP contribution < -0.4 is 10.9 Å². The molecule has 0 unspecified atom stereocenters. The zero-order chi connectivity index (χ0) is 27.0. The molecule has 0 aliphatic rings. The van der Waals surface area contributed by atoms with Gasteiger partial charge in [-0.15, -0.1) is 0 Å². The number of pyridine rings is 4. The van der Waals surface area contributed by atoms with Gasteiger partial charge in [-0.3, -0.25) is 40.8 Å². The fourth-order valence-corrected chi connectivity index (χ4v) is 2.90. The number of hydrazone groups is 2. The third kappa shape index (κ3) is 10.3. The molecule has 4 rings (SSSR count). The Balaban J connectivity index is 0.000000267. The standard InChI is InChI=1S/2C13H13N5S.Cu/c2*1-14-13(19)18-17-12(10-6-2-4-8-15-10)11-7-3-5-9-16-11;/h2*2-9H,1H3,(H2,14,18,19);/q;;+2/p-2. The molecule has 1 radical (unpaired) electrons. The Labute approximate surface area is 248 Å². The number of aliphatic imine (C=N–C) groups is 2. The van der Waals surface area contributed by atoms with Crippen LogP contribution in [0.1, 0.15) is 22.8 Å². The molecule has 0 aliphatic carbocycles. The van der Waals surface area contributed by atoms with E-state index in [9.17, 15) is 0 Å². The summed E-state index contributed by atoms with van der Waals surface area (Å²) in [5.41, 5.74) is 9.50. The first-order valence-electron chi connectivity index (χ1n) is 11.2. The number of nitrogens with zero attached hydrogens (tertiary/aromatic N) is 8. The van der Waals surface area contributed by atoms with Crippen molar-refractivity contribution in [3.8, 4) is 0 Å². The van der Waals surface area contributed by atoms with Crippen molar-refractivity contribution in [3.05, 3.63) is 120 Å². The van der Waals surface area contributed by atoms with Crippen molar-refractivity contribution in [2.75, 3.05) is 14.1 Å². The van der Waals surface area contributed by atoms with Crippen LogP contribution >= 0.6 is 0 Å². The number of rotatable bonds is 6. The second-order valence-corrected chi connectivity index (χ2v) is 7.84. The molecule has 0 aromatic carbocycles. The molecule has 0 amide bonds. The molecule has 4 aromatic heterocycles. The molecule has 0 saturated carbocycles. The molecule has 4 heterocycles. The first-order chi connectivity index (χ1) is 18.6. The molecule has 0 bridgehead atoms. The van der Waals surface area contributed by atoms with Crippen molar-refractivity contribution in [2.24, 2.45) is 20.2 Å². The molecule has 2 N–H and O–H groups in total. The van der Waals surface area contributed by atoms with E-state index in [1.807, 2.05) is 72.8 Å². The number of hydrogen-bond acceptors (Lipinski definition) is 10. The Kier molecular flexibility index (Phi) is 13.8.